The van der Waals surface area contributed by atoms with Crippen molar-refractivity contribution in [3.63, 3.8) is 0 Å². The van der Waals surface area contributed by atoms with E-state index < -0.39 is 0 Å². The third kappa shape index (κ3) is 3.19. The third-order valence-corrected chi connectivity index (χ3v) is 3.06. The molecule has 0 heterocycles. The van der Waals surface area contributed by atoms with E-state index in [1.54, 1.807) is 14.2 Å². The van der Waals surface area contributed by atoms with Crippen LogP contribution >= 0.6 is 0 Å². The van der Waals surface area contributed by atoms with E-state index in [0.29, 0.717) is 0 Å². The van der Waals surface area contributed by atoms with Crippen LogP contribution in [0, 0.1) is 0 Å². The highest BCUT2D eigenvalue weighted by atomic mass is 16.5. The zero-order valence-electron chi connectivity index (χ0n) is 11.5. The first-order valence-corrected chi connectivity index (χ1v) is 6.28. The molecule has 0 fully saturated rings. The molecule has 19 heavy (non-hydrogen) atoms. The van der Waals surface area contributed by atoms with Crippen LogP contribution in [-0.4, -0.2) is 14.2 Å². The van der Waals surface area contributed by atoms with Gasteiger partial charge in [-0.1, -0.05) is 24.3 Å². The molecular weight excluding hydrogens is 238 g/mol. The largest absolute Gasteiger partial charge is 0.493 e. The maximum absolute atomic E-state index is 5.32. The predicted octanol–water partition coefficient (Wildman–Crippen LogP) is 3.88. The molecule has 0 aliphatic heterocycles. The Balaban J connectivity index is 2.17. The Labute approximate surface area is 114 Å². The van der Waals surface area contributed by atoms with E-state index in [1.807, 2.05) is 36.4 Å². The van der Waals surface area contributed by atoms with Crippen molar-refractivity contribution in [1.82, 2.24) is 0 Å². The molecule has 0 amide bonds. The van der Waals surface area contributed by atoms with E-state index in [2.05, 4.69) is 24.4 Å². The highest BCUT2D eigenvalue weighted by Crippen LogP contribution is 2.30. The molecule has 1 atom stereocenters. The summed E-state index contributed by atoms with van der Waals surface area (Å²) in [6.45, 7) is 2.12. The van der Waals surface area contributed by atoms with Crippen molar-refractivity contribution in [2.24, 2.45) is 0 Å². The van der Waals surface area contributed by atoms with Crippen molar-refractivity contribution in [2.45, 2.75) is 13.0 Å². The summed E-state index contributed by atoms with van der Waals surface area (Å²) in [7, 11) is 3.29. The van der Waals surface area contributed by atoms with Crippen molar-refractivity contribution in [2.75, 3.05) is 19.5 Å². The van der Waals surface area contributed by atoms with Gasteiger partial charge in [-0.2, -0.15) is 0 Å². The van der Waals surface area contributed by atoms with Gasteiger partial charge in [0, 0.05) is 11.7 Å². The average Bonchev–Trinajstić information content (AvgIpc) is 2.47. The van der Waals surface area contributed by atoms with Gasteiger partial charge in [0.25, 0.3) is 0 Å². The molecular formula is C16H19NO2. The molecule has 0 saturated carbocycles. The summed E-state index contributed by atoms with van der Waals surface area (Å²) in [5.41, 5.74) is 2.26. The number of anilines is 1. The third-order valence-electron chi connectivity index (χ3n) is 3.06. The predicted molar refractivity (Wildman–Crippen MR) is 78.0 cm³/mol. The Morgan fingerprint density at radius 2 is 1.58 bits per heavy atom. The number of hydrogen-bond donors (Lipinski definition) is 1. The van der Waals surface area contributed by atoms with E-state index >= 15 is 0 Å². The van der Waals surface area contributed by atoms with Crippen molar-refractivity contribution in [3.05, 3.63) is 54.1 Å². The number of para-hydroxylation sites is 1. The Bertz CT molecular complexity index is 526. The van der Waals surface area contributed by atoms with Gasteiger partial charge >= 0.3 is 0 Å². The number of methoxy groups -OCH3 is 2. The second kappa shape index (κ2) is 6.14. The van der Waals surface area contributed by atoms with Crippen LogP contribution in [0.5, 0.6) is 11.5 Å². The van der Waals surface area contributed by atoms with Crippen LogP contribution in [0.4, 0.5) is 5.69 Å². The quantitative estimate of drug-likeness (QED) is 0.881. The maximum atomic E-state index is 5.32. The lowest BCUT2D eigenvalue weighted by atomic mass is 10.1. The number of rotatable bonds is 5. The lowest BCUT2D eigenvalue weighted by Crippen LogP contribution is -2.06. The van der Waals surface area contributed by atoms with Crippen LogP contribution in [0.1, 0.15) is 18.5 Å². The van der Waals surface area contributed by atoms with Gasteiger partial charge in [-0.3, -0.25) is 0 Å². The van der Waals surface area contributed by atoms with Crippen LogP contribution in [0.2, 0.25) is 0 Å². The molecule has 0 spiro atoms. The summed E-state index contributed by atoms with van der Waals surface area (Å²) >= 11 is 0. The van der Waals surface area contributed by atoms with Gasteiger partial charge in [0.1, 0.15) is 0 Å². The van der Waals surface area contributed by atoms with E-state index in [4.69, 9.17) is 9.47 Å². The van der Waals surface area contributed by atoms with Gasteiger partial charge in [0.15, 0.2) is 11.5 Å². The van der Waals surface area contributed by atoms with Gasteiger partial charge in [-0.05, 0) is 36.8 Å². The van der Waals surface area contributed by atoms with Gasteiger partial charge in [0.2, 0.25) is 0 Å². The fourth-order valence-electron chi connectivity index (χ4n) is 1.99. The second-order valence-corrected chi connectivity index (χ2v) is 4.35. The number of ether oxygens (including phenoxy) is 2. The first-order chi connectivity index (χ1) is 9.24. The monoisotopic (exact) mass is 257 g/mol. The van der Waals surface area contributed by atoms with Gasteiger partial charge < -0.3 is 14.8 Å². The zero-order valence-corrected chi connectivity index (χ0v) is 11.5. The van der Waals surface area contributed by atoms with Gasteiger partial charge in [-0.25, -0.2) is 0 Å². The van der Waals surface area contributed by atoms with Gasteiger partial charge in [-0.15, -0.1) is 0 Å². The molecule has 0 saturated heterocycles. The zero-order chi connectivity index (χ0) is 13.7. The summed E-state index contributed by atoms with van der Waals surface area (Å²) in [5, 5.41) is 3.45. The van der Waals surface area contributed by atoms with E-state index in [1.165, 1.54) is 0 Å². The summed E-state index contributed by atoms with van der Waals surface area (Å²) < 4.78 is 10.6. The van der Waals surface area contributed by atoms with Crippen LogP contribution in [-0.2, 0) is 0 Å². The van der Waals surface area contributed by atoms with Gasteiger partial charge in [0.05, 0.1) is 14.2 Å². The lowest BCUT2D eigenvalue weighted by molar-refractivity contribution is 0.354. The fourth-order valence-corrected chi connectivity index (χ4v) is 1.99. The van der Waals surface area contributed by atoms with Crippen molar-refractivity contribution < 1.29 is 9.47 Å². The SMILES string of the molecule is COc1ccc([C@H](C)Nc2ccccc2)cc1OC. The van der Waals surface area contributed by atoms with Crippen LogP contribution in [0.15, 0.2) is 48.5 Å². The Kier molecular flexibility index (Phi) is 4.29. The summed E-state index contributed by atoms with van der Waals surface area (Å²) in [6, 6.07) is 16.3. The summed E-state index contributed by atoms with van der Waals surface area (Å²) in [5.74, 6) is 1.50. The van der Waals surface area contributed by atoms with Crippen molar-refractivity contribution in [3.8, 4) is 11.5 Å². The minimum absolute atomic E-state index is 0.196. The minimum Gasteiger partial charge on any atom is -0.493 e. The number of nitrogens with one attached hydrogen (secondary N) is 1. The summed E-state index contributed by atoms with van der Waals surface area (Å²) in [6.07, 6.45) is 0. The standard InChI is InChI=1S/C16H19NO2/c1-12(17-14-7-5-4-6-8-14)13-9-10-15(18-2)16(11-13)19-3/h4-12,17H,1-3H3/t12-/m0/s1. The maximum Gasteiger partial charge on any atom is 0.161 e. The molecule has 100 valence electrons. The van der Waals surface area contributed by atoms with Crippen LogP contribution < -0.4 is 14.8 Å². The normalized spacial score (nSPS) is 11.7. The molecule has 1 N–H and O–H groups in total. The first-order valence-electron chi connectivity index (χ1n) is 6.28. The molecule has 0 aliphatic rings. The van der Waals surface area contributed by atoms with Crippen molar-refractivity contribution >= 4 is 5.69 Å². The van der Waals surface area contributed by atoms with E-state index in [0.717, 1.165) is 22.7 Å². The van der Waals surface area contributed by atoms with Crippen molar-refractivity contribution in [1.29, 1.82) is 0 Å². The first kappa shape index (κ1) is 13.3. The summed E-state index contributed by atoms with van der Waals surface area (Å²) in [4.78, 5) is 0. The Morgan fingerprint density at radius 1 is 0.895 bits per heavy atom. The average molecular weight is 257 g/mol. The Hall–Kier alpha value is -2.16. The molecule has 2 aromatic rings. The molecule has 0 bridgehead atoms. The smallest absolute Gasteiger partial charge is 0.161 e. The lowest BCUT2D eigenvalue weighted by Gasteiger charge is -2.17. The molecule has 0 aliphatic carbocycles. The number of hydrogen-bond acceptors (Lipinski definition) is 3. The molecule has 2 aromatic carbocycles. The molecule has 0 unspecified atom stereocenters. The second-order valence-electron chi connectivity index (χ2n) is 4.35. The molecule has 0 aromatic heterocycles. The fraction of sp³-hybridized carbons (Fsp3) is 0.250. The van der Waals surface area contributed by atoms with Crippen LogP contribution in [0.3, 0.4) is 0 Å². The number of benzene rings is 2. The molecule has 2 rings (SSSR count). The van der Waals surface area contributed by atoms with Crippen LogP contribution in [0.25, 0.3) is 0 Å². The molecule has 3 nitrogen and oxygen atoms in total. The molecule has 3 heteroatoms. The Morgan fingerprint density at radius 3 is 2.21 bits per heavy atom. The highest BCUT2D eigenvalue weighted by molar-refractivity contribution is 5.48. The minimum atomic E-state index is 0.196. The topological polar surface area (TPSA) is 30.5 Å². The van der Waals surface area contributed by atoms with E-state index in [9.17, 15) is 0 Å². The molecule has 0 radical (unpaired) electrons. The highest BCUT2D eigenvalue weighted by Gasteiger charge is 2.09. The van der Waals surface area contributed by atoms with E-state index in [-0.39, 0.29) is 6.04 Å².